The molecule has 3 aromatic rings. The fraction of sp³-hybridized carbons (Fsp3) is 0.188. The smallest absolute Gasteiger partial charge is 0.115 e. The van der Waals surface area contributed by atoms with E-state index in [9.17, 15) is 0 Å². The molecule has 108 valence electrons. The van der Waals surface area contributed by atoms with Crippen molar-refractivity contribution in [3.05, 3.63) is 57.3 Å². The summed E-state index contributed by atoms with van der Waals surface area (Å²) >= 11 is 15.6. The molecule has 3 rings (SSSR count). The Labute approximate surface area is 141 Å². The summed E-state index contributed by atoms with van der Waals surface area (Å²) in [6.07, 6.45) is 0.711. The number of halogens is 3. The van der Waals surface area contributed by atoms with Crippen LogP contribution in [0.15, 0.2) is 40.9 Å². The molecule has 0 aliphatic carbocycles. The number of benzene rings is 2. The predicted molar refractivity (Wildman–Crippen MR) is 92.9 cm³/mol. The number of fused-ring (bicyclic) bond motifs is 1. The van der Waals surface area contributed by atoms with Gasteiger partial charge in [0.2, 0.25) is 0 Å². The number of aryl methyl sites for hydroxylation is 2. The third-order valence-corrected chi connectivity index (χ3v) is 4.78. The third kappa shape index (κ3) is 2.83. The average molecular weight is 384 g/mol. The minimum atomic E-state index is 0.534. The molecule has 2 nitrogen and oxygen atoms in total. The molecular weight excluding hydrogens is 371 g/mol. The summed E-state index contributed by atoms with van der Waals surface area (Å²) in [6, 6.07) is 12.2. The molecule has 0 unspecified atom stereocenters. The van der Waals surface area contributed by atoms with E-state index in [4.69, 9.17) is 28.2 Å². The lowest BCUT2D eigenvalue weighted by Crippen LogP contribution is -2.02. The van der Waals surface area contributed by atoms with Crippen LogP contribution in [0.25, 0.3) is 16.7 Å². The number of alkyl halides is 1. The highest BCUT2D eigenvalue weighted by Gasteiger charge is 2.13. The second-order valence-electron chi connectivity index (χ2n) is 4.89. The molecule has 0 bridgehead atoms. The van der Waals surface area contributed by atoms with Gasteiger partial charge in [-0.25, -0.2) is 4.98 Å². The van der Waals surface area contributed by atoms with Crippen LogP contribution in [0.3, 0.4) is 0 Å². The second-order valence-corrected chi connectivity index (χ2v) is 6.53. The normalized spacial score (nSPS) is 11.2. The van der Waals surface area contributed by atoms with Crippen LogP contribution in [0.1, 0.15) is 11.4 Å². The van der Waals surface area contributed by atoms with Gasteiger partial charge in [0, 0.05) is 22.5 Å². The van der Waals surface area contributed by atoms with Crippen molar-refractivity contribution in [1.29, 1.82) is 0 Å². The van der Waals surface area contributed by atoms with Crippen LogP contribution in [0.5, 0.6) is 0 Å². The van der Waals surface area contributed by atoms with E-state index >= 15 is 0 Å². The Hall–Kier alpha value is -1.03. The van der Waals surface area contributed by atoms with E-state index in [-0.39, 0.29) is 0 Å². The maximum Gasteiger partial charge on any atom is 0.115 e. The van der Waals surface area contributed by atoms with Crippen LogP contribution in [0.4, 0.5) is 0 Å². The zero-order chi connectivity index (χ0) is 15.0. The maximum atomic E-state index is 6.24. The molecular formula is C16H13BrCl2N2. The Morgan fingerprint density at radius 3 is 2.71 bits per heavy atom. The van der Waals surface area contributed by atoms with Crippen LogP contribution in [0.2, 0.25) is 5.02 Å². The van der Waals surface area contributed by atoms with Gasteiger partial charge in [-0.15, -0.1) is 11.6 Å². The Morgan fingerprint density at radius 1 is 1.19 bits per heavy atom. The Bertz CT molecular complexity index is 811. The van der Waals surface area contributed by atoms with Crippen molar-refractivity contribution in [3.63, 3.8) is 0 Å². The van der Waals surface area contributed by atoms with Crippen molar-refractivity contribution in [3.8, 4) is 5.69 Å². The highest BCUT2D eigenvalue weighted by Crippen LogP contribution is 2.28. The first-order chi connectivity index (χ1) is 10.1. The molecule has 1 heterocycles. The Morgan fingerprint density at radius 2 is 2.00 bits per heavy atom. The Kier molecular flexibility index (Phi) is 4.25. The van der Waals surface area contributed by atoms with Gasteiger partial charge < -0.3 is 0 Å². The van der Waals surface area contributed by atoms with Crippen LogP contribution >= 0.6 is 39.1 Å². The fourth-order valence-electron chi connectivity index (χ4n) is 2.40. The lowest BCUT2D eigenvalue weighted by atomic mass is 10.2. The highest BCUT2D eigenvalue weighted by molar-refractivity contribution is 9.10. The lowest BCUT2D eigenvalue weighted by Gasteiger charge is -2.10. The number of nitrogens with zero attached hydrogens (tertiary/aromatic N) is 2. The molecule has 0 amide bonds. The number of hydrogen-bond donors (Lipinski definition) is 0. The van der Waals surface area contributed by atoms with Gasteiger partial charge in [0.25, 0.3) is 0 Å². The summed E-state index contributed by atoms with van der Waals surface area (Å²) in [7, 11) is 0. The van der Waals surface area contributed by atoms with Crippen LogP contribution < -0.4 is 0 Å². The van der Waals surface area contributed by atoms with E-state index < -0.39 is 0 Å². The van der Waals surface area contributed by atoms with E-state index in [1.807, 2.05) is 24.3 Å². The highest BCUT2D eigenvalue weighted by atomic mass is 79.9. The summed E-state index contributed by atoms with van der Waals surface area (Å²) in [4.78, 5) is 4.70. The summed E-state index contributed by atoms with van der Waals surface area (Å²) in [5.74, 6) is 1.48. The van der Waals surface area contributed by atoms with Gasteiger partial charge in [-0.3, -0.25) is 4.57 Å². The molecule has 0 atom stereocenters. The van der Waals surface area contributed by atoms with Gasteiger partial charge in [-0.05, 0) is 58.7 Å². The third-order valence-electron chi connectivity index (χ3n) is 3.36. The van der Waals surface area contributed by atoms with E-state index in [1.165, 1.54) is 5.56 Å². The zero-order valence-electron chi connectivity index (χ0n) is 11.4. The van der Waals surface area contributed by atoms with Gasteiger partial charge in [0.1, 0.15) is 5.82 Å². The Balaban J connectivity index is 2.29. The van der Waals surface area contributed by atoms with Gasteiger partial charge in [-0.2, -0.15) is 0 Å². The molecule has 21 heavy (non-hydrogen) atoms. The fourth-order valence-corrected chi connectivity index (χ4v) is 2.99. The molecule has 0 saturated carbocycles. The molecule has 0 spiro atoms. The van der Waals surface area contributed by atoms with E-state index in [0.717, 1.165) is 27.0 Å². The largest absolute Gasteiger partial charge is 0.296 e. The number of imidazole rings is 1. The summed E-state index contributed by atoms with van der Waals surface area (Å²) < 4.78 is 3.01. The lowest BCUT2D eigenvalue weighted by molar-refractivity contribution is 0.912. The molecule has 0 fully saturated rings. The summed E-state index contributed by atoms with van der Waals surface area (Å²) in [5.41, 5.74) is 4.24. The SMILES string of the molecule is Cc1ccc2nc(CCCl)n(-c3ccc(Br)c(Cl)c3)c2c1. The van der Waals surface area contributed by atoms with Crippen molar-refractivity contribution in [2.24, 2.45) is 0 Å². The predicted octanol–water partition coefficient (Wildman–Crippen LogP) is 5.53. The van der Waals surface area contributed by atoms with Gasteiger partial charge in [0.15, 0.2) is 0 Å². The van der Waals surface area contributed by atoms with Crippen LogP contribution in [-0.4, -0.2) is 15.4 Å². The first-order valence-electron chi connectivity index (χ1n) is 6.59. The molecule has 1 aromatic heterocycles. The van der Waals surface area contributed by atoms with Crippen molar-refractivity contribution in [1.82, 2.24) is 9.55 Å². The maximum absolute atomic E-state index is 6.24. The zero-order valence-corrected chi connectivity index (χ0v) is 14.5. The quantitative estimate of drug-likeness (QED) is 0.543. The van der Waals surface area contributed by atoms with Crippen molar-refractivity contribution < 1.29 is 0 Å². The van der Waals surface area contributed by atoms with Crippen molar-refractivity contribution >= 4 is 50.2 Å². The van der Waals surface area contributed by atoms with Crippen molar-refractivity contribution in [2.75, 3.05) is 5.88 Å². The second kappa shape index (κ2) is 5.99. The molecule has 2 aromatic carbocycles. The van der Waals surface area contributed by atoms with Gasteiger partial charge in [0.05, 0.1) is 16.1 Å². The van der Waals surface area contributed by atoms with E-state index in [1.54, 1.807) is 0 Å². The minimum Gasteiger partial charge on any atom is -0.296 e. The average Bonchev–Trinajstić information content (AvgIpc) is 2.80. The first-order valence-corrected chi connectivity index (χ1v) is 8.30. The standard InChI is InChI=1S/C16H13BrCl2N2/c1-10-2-5-14-15(8-10)21(16(20-14)6-7-18)11-3-4-12(17)13(19)9-11/h2-5,8-9H,6-7H2,1H3. The monoisotopic (exact) mass is 382 g/mol. The van der Waals surface area contributed by atoms with Crippen molar-refractivity contribution in [2.45, 2.75) is 13.3 Å². The molecule has 0 saturated heterocycles. The van der Waals surface area contributed by atoms with Gasteiger partial charge >= 0.3 is 0 Å². The molecule has 0 N–H and O–H groups in total. The molecule has 5 heteroatoms. The van der Waals surface area contributed by atoms with E-state index in [2.05, 4.69) is 39.6 Å². The number of rotatable bonds is 3. The number of hydrogen-bond acceptors (Lipinski definition) is 1. The molecule has 0 aliphatic rings. The topological polar surface area (TPSA) is 17.8 Å². The van der Waals surface area contributed by atoms with E-state index in [0.29, 0.717) is 17.3 Å². The van der Waals surface area contributed by atoms with Crippen LogP contribution in [-0.2, 0) is 6.42 Å². The minimum absolute atomic E-state index is 0.534. The first kappa shape index (κ1) is 14.9. The molecule has 0 radical (unpaired) electrons. The van der Waals surface area contributed by atoms with Crippen LogP contribution in [0, 0.1) is 6.92 Å². The molecule has 0 aliphatic heterocycles. The van der Waals surface area contributed by atoms with Gasteiger partial charge in [-0.1, -0.05) is 17.7 Å². The summed E-state index contributed by atoms with van der Waals surface area (Å²) in [5, 5.41) is 0.679. The number of aromatic nitrogens is 2. The summed E-state index contributed by atoms with van der Waals surface area (Å²) in [6.45, 7) is 2.08.